The van der Waals surface area contributed by atoms with Crippen molar-refractivity contribution in [3.63, 3.8) is 0 Å². The van der Waals surface area contributed by atoms with E-state index >= 15 is 0 Å². The van der Waals surface area contributed by atoms with E-state index in [9.17, 15) is 9.90 Å². The van der Waals surface area contributed by atoms with Gasteiger partial charge in [0.2, 0.25) is 0 Å². The van der Waals surface area contributed by atoms with Crippen LogP contribution in [0, 0.1) is 0 Å². The van der Waals surface area contributed by atoms with Gasteiger partial charge in [-0.25, -0.2) is 4.79 Å². The molecule has 0 atom stereocenters. The maximum Gasteiger partial charge on any atom is 0.337 e. The third kappa shape index (κ3) is 3.19. The molecule has 0 radical (unpaired) electrons. The second-order valence-corrected chi connectivity index (χ2v) is 5.94. The van der Waals surface area contributed by atoms with Gasteiger partial charge in [-0.1, -0.05) is 11.6 Å². The van der Waals surface area contributed by atoms with Crippen molar-refractivity contribution in [3.05, 3.63) is 45.1 Å². The Morgan fingerprint density at radius 3 is 2.74 bits per heavy atom. The van der Waals surface area contributed by atoms with Gasteiger partial charge in [0.15, 0.2) is 0 Å². The van der Waals surface area contributed by atoms with Crippen LogP contribution in [0.25, 0.3) is 0 Å². The minimum Gasteiger partial charge on any atom is -0.478 e. The summed E-state index contributed by atoms with van der Waals surface area (Å²) >= 11 is 7.36. The van der Waals surface area contributed by atoms with E-state index in [2.05, 4.69) is 0 Å². The second kappa shape index (κ2) is 5.50. The molecule has 3 N–H and O–H groups in total. The van der Waals surface area contributed by atoms with E-state index in [0.29, 0.717) is 17.9 Å². The van der Waals surface area contributed by atoms with Gasteiger partial charge in [0, 0.05) is 17.6 Å². The predicted molar refractivity (Wildman–Crippen MR) is 79.2 cm³/mol. The number of nitrogens with zero attached hydrogens (tertiary/aromatic N) is 1. The summed E-state index contributed by atoms with van der Waals surface area (Å²) in [6.45, 7) is 0.599. The monoisotopic (exact) mass is 296 g/mol. The summed E-state index contributed by atoms with van der Waals surface area (Å²) < 4.78 is 0.721. The predicted octanol–water partition coefficient (Wildman–Crippen LogP) is 3.32. The number of benzene rings is 1. The zero-order chi connectivity index (χ0) is 14.0. The van der Waals surface area contributed by atoms with Gasteiger partial charge < -0.3 is 15.7 Å². The highest BCUT2D eigenvalue weighted by Gasteiger charge is 2.14. The number of nitrogen functional groups attached to an aromatic ring is 1. The van der Waals surface area contributed by atoms with Gasteiger partial charge >= 0.3 is 5.97 Å². The van der Waals surface area contributed by atoms with Gasteiger partial charge in [-0.2, -0.15) is 0 Å². The first-order valence-corrected chi connectivity index (χ1v) is 6.75. The average Bonchev–Trinajstić information content (AvgIpc) is 2.74. The smallest absolute Gasteiger partial charge is 0.337 e. The molecule has 0 aliphatic carbocycles. The molecule has 19 heavy (non-hydrogen) atoms. The largest absolute Gasteiger partial charge is 0.478 e. The fourth-order valence-electron chi connectivity index (χ4n) is 1.81. The summed E-state index contributed by atoms with van der Waals surface area (Å²) in [7, 11) is 1.84. The molecule has 6 heteroatoms. The number of nitrogens with two attached hydrogens (primary N) is 1. The Kier molecular flexibility index (Phi) is 3.97. The SMILES string of the molecule is CN(Cc1ccc(Cl)s1)c1ccc(N)cc1C(=O)O. The van der Waals surface area contributed by atoms with Crippen LogP contribution in [0.4, 0.5) is 11.4 Å². The lowest BCUT2D eigenvalue weighted by Gasteiger charge is -2.20. The van der Waals surface area contributed by atoms with Crippen LogP contribution in [0.1, 0.15) is 15.2 Å². The molecule has 0 saturated carbocycles. The molecular formula is C13H13ClN2O2S. The minimum absolute atomic E-state index is 0.199. The fourth-order valence-corrected chi connectivity index (χ4v) is 2.95. The van der Waals surface area contributed by atoms with Crippen LogP contribution in [-0.4, -0.2) is 18.1 Å². The molecule has 1 aromatic carbocycles. The van der Waals surface area contributed by atoms with Crippen LogP contribution in [0.5, 0.6) is 0 Å². The lowest BCUT2D eigenvalue weighted by molar-refractivity contribution is 0.0697. The highest BCUT2D eigenvalue weighted by atomic mass is 35.5. The molecule has 1 aromatic heterocycles. The Hall–Kier alpha value is -1.72. The Labute approximate surface area is 120 Å². The van der Waals surface area contributed by atoms with Gasteiger partial charge in [0.1, 0.15) is 0 Å². The molecule has 2 rings (SSSR count). The van der Waals surface area contributed by atoms with E-state index in [0.717, 1.165) is 9.21 Å². The molecule has 0 saturated heterocycles. The Morgan fingerprint density at radius 2 is 2.16 bits per heavy atom. The first-order chi connectivity index (χ1) is 8.97. The number of aromatic carboxylic acids is 1. The maximum absolute atomic E-state index is 11.2. The topological polar surface area (TPSA) is 66.6 Å². The Balaban J connectivity index is 2.28. The molecule has 2 aromatic rings. The quantitative estimate of drug-likeness (QED) is 0.849. The molecule has 0 aliphatic heterocycles. The summed E-state index contributed by atoms with van der Waals surface area (Å²) in [6, 6.07) is 8.64. The lowest BCUT2D eigenvalue weighted by Crippen LogP contribution is -2.19. The second-order valence-electron chi connectivity index (χ2n) is 4.14. The van der Waals surface area contributed by atoms with E-state index in [1.165, 1.54) is 17.4 Å². The first kappa shape index (κ1) is 13.7. The number of thiophene rings is 1. The number of halogens is 1. The van der Waals surface area contributed by atoms with Crippen LogP contribution < -0.4 is 10.6 Å². The van der Waals surface area contributed by atoms with Crippen molar-refractivity contribution in [2.45, 2.75) is 6.54 Å². The standard InChI is InChI=1S/C13H13ClN2O2S/c1-16(7-9-3-5-12(14)19-9)11-4-2-8(15)6-10(11)13(17)18/h2-6H,7,15H2,1H3,(H,17,18). The van der Waals surface area contributed by atoms with Crippen molar-refractivity contribution < 1.29 is 9.90 Å². The van der Waals surface area contributed by atoms with Crippen LogP contribution in [0.2, 0.25) is 4.34 Å². The van der Waals surface area contributed by atoms with Gasteiger partial charge in [-0.05, 0) is 30.3 Å². The highest BCUT2D eigenvalue weighted by molar-refractivity contribution is 7.16. The summed E-state index contributed by atoms with van der Waals surface area (Å²) in [4.78, 5) is 14.2. The molecule has 4 nitrogen and oxygen atoms in total. The molecule has 0 amide bonds. The average molecular weight is 297 g/mol. The lowest BCUT2D eigenvalue weighted by atomic mass is 10.1. The van der Waals surface area contributed by atoms with Crippen LogP contribution >= 0.6 is 22.9 Å². The third-order valence-corrected chi connectivity index (χ3v) is 3.90. The molecule has 0 unspecified atom stereocenters. The number of carbonyl (C=O) groups is 1. The van der Waals surface area contributed by atoms with Crippen LogP contribution in [0.3, 0.4) is 0 Å². The van der Waals surface area contributed by atoms with E-state index in [4.69, 9.17) is 17.3 Å². The van der Waals surface area contributed by atoms with Gasteiger partial charge in [-0.15, -0.1) is 11.3 Å². The van der Waals surface area contributed by atoms with Gasteiger partial charge in [0.05, 0.1) is 22.1 Å². The zero-order valence-electron chi connectivity index (χ0n) is 10.3. The van der Waals surface area contributed by atoms with Crippen molar-refractivity contribution >= 4 is 40.3 Å². The van der Waals surface area contributed by atoms with E-state index in [-0.39, 0.29) is 5.56 Å². The molecule has 0 aliphatic rings. The van der Waals surface area contributed by atoms with Gasteiger partial charge in [0.25, 0.3) is 0 Å². The van der Waals surface area contributed by atoms with Gasteiger partial charge in [-0.3, -0.25) is 0 Å². The molecule has 1 heterocycles. The Morgan fingerprint density at radius 1 is 1.42 bits per heavy atom. The van der Waals surface area contributed by atoms with E-state index < -0.39 is 5.97 Å². The molecule has 0 spiro atoms. The van der Waals surface area contributed by atoms with Crippen molar-refractivity contribution in [2.24, 2.45) is 0 Å². The van der Waals surface area contributed by atoms with Crippen LogP contribution in [0.15, 0.2) is 30.3 Å². The summed E-state index contributed by atoms with van der Waals surface area (Å²) in [5.74, 6) is -0.988. The molecule has 100 valence electrons. The van der Waals surface area contributed by atoms with Crippen molar-refractivity contribution in [2.75, 3.05) is 17.7 Å². The number of hydrogen-bond acceptors (Lipinski definition) is 4. The molecule has 0 fully saturated rings. The minimum atomic E-state index is -0.988. The summed E-state index contributed by atoms with van der Waals surface area (Å²) in [5, 5.41) is 9.21. The normalized spacial score (nSPS) is 10.4. The van der Waals surface area contributed by atoms with Crippen molar-refractivity contribution in [1.29, 1.82) is 0 Å². The number of carboxylic acids is 1. The number of anilines is 2. The molecular weight excluding hydrogens is 284 g/mol. The fraction of sp³-hybridized carbons (Fsp3) is 0.154. The number of hydrogen-bond donors (Lipinski definition) is 2. The van der Waals surface area contributed by atoms with Crippen LogP contribution in [-0.2, 0) is 6.54 Å². The zero-order valence-corrected chi connectivity index (χ0v) is 11.8. The highest BCUT2D eigenvalue weighted by Crippen LogP contribution is 2.27. The summed E-state index contributed by atoms with van der Waals surface area (Å²) in [5.41, 5.74) is 6.89. The number of carboxylic acid groups (broad SMARTS) is 1. The first-order valence-electron chi connectivity index (χ1n) is 5.55. The summed E-state index contributed by atoms with van der Waals surface area (Å²) in [6.07, 6.45) is 0. The molecule has 0 bridgehead atoms. The van der Waals surface area contributed by atoms with Crippen molar-refractivity contribution in [3.8, 4) is 0 Å². The Bertz CT molecular complexity index is 612. The maximum atomic E-state index is 11.2. The van der Waals surface area contributed by atoms with Crippen molar-refractivity contribution in [1.82, 2.24) is 0 Å². The number of rotatable bonds is 4. The third-order valence-electron chi connectivity index (χ3n) is 2.68. The van der Waals surface area contributed by atoms with E-state index in [1.807, 2.05) is 24.1 Å². The van der Waals surface area contributed by atoms with E-state index in [1.54, 1.807) is 12.1 Å².